The van der Waals surface area contributed by atoms with Gasteiger partial charge in [-0.2, -0.15) is 0 Å². The first-order chi connectivity index (χ1) is 8.33. The van der Waals surface area contributed by atoms with Crippen molar-refractivity contribution in [3.8, 4) is 0 Å². The van der Waals surface area contributed by atoms with E-state index < -0.39 is 0 Å². The Balaban J connectivity index is 0.00000289. The molecule has 18 heavy (non-hydrogen) atoms. The van der Waals surface area contributed by atoms with E-state index in [4.69, 9.17) is 0 Å². The SMILES string of the molecule is Br.CNCCCCN(C)CCCCN1CCCC1. The summed E-state index contributed by atoms with van der Waals surface area (Å²) in [5.74, 6) is 0. The van der Waals surface area contributed by atoms with Crippen molar-refractivity contribution in [1.29, 1.82) is 0 Å². The fourth-order valence-electron chi connectivity index (χ4n) is 2.52. The molecule has 0 aliphatic carbocycles. The molecule has 1 heterocycles. The van der Waals surface area contributed by atoms with Crippen molar-refractivity contribution in [3.05, 3.63) is 0 Å². The molecule has 1 rings (SSSR count). The summed E-state index contributed by atoms with van der Waals surface area (Å²) < 4.78 is 0. The van der Waals surface area contributed by atoms with Gasteiger partial charge in [0, 0.05) is 0 Å². The minimum absolute atomic E-state index is 0. The molecule has 1 saturated heterocycles. The van der Waals surface area contributed by atoms with Crippen molar-refractivity contribution < 1.29 is 0 Å². The molecule has 0 radical (unpaired) electrons. The van der Waals surface area contributed by atoms with E-state index in [9.17, 15) is 0 Å². The third kappa shape index (κ3) is 9.31. The number of nitrogens with zero attached hydrogens (tertiary/aromatic N) is 2. The summed E-state index contributed by atoms with van der Waals surface area (Å²) in [5, 5.41) is 3.20. The highest BCUT2D eigenvalue weighted by Gasteiger charge is 2.10. The van der Waals surface area contributed by atoms with Crippen molar-refractivity contribution in [3.63, 3.8) is 0 Å². The van der Waals surface area contributed by atoms with Crippen LogP contribution in [0.2, 0.25) is 0 Å². The Morgan fingerprint density at radius 2 is 1.61 bits per heavy atom. The van der Waals surface area contributed by atoms with Crippen LogP contribution in [0.25, 0.3) is 0 Å². The third-order valence-corrected chi connectivity index (χ3v) is 3.68. The number of nitrogens with one attached hydrogen (secondary N) is 1. The number of rotatable bonds is 10. The summed E-state index contributed by atoms with van der Waals surface area (Å²) >= 11 is 0. The molecule has 0 saturated carbocycles. The first-order valence-electron chi connectivity index (χ1n) is 7.38. The Labute approximate surface area is 124 Å². The van der Waals surface area contributed by atoms with Gasteiger partial charge < -0.3 is 15.1 Å². The summed E-state index contributed by atoms with van der Waals surface area (Å²) in [6, 6.07) is 0. The van der Waals surface area contributed by atoms with Crippen molar-refractivity contribution in [2.24, 2.45) is 0 Å². The second-order valence-electron chi connectivity index (χ2n) is 5.37. The molecule has 0 amide bonds. The minimum Gasteiger partial charge on any atom is -0.320 e. The van der Waals surface area contributed by atoms with E-state index in [2.05, 4.69) is 22.2 Å². The quantitative estimate of drug-likeness (QED) is 0.623. The van der Waals surface area contributed by atoms with Gasteiger partial charge in [0.2, 0.25) is 0 Å². The summed E-state index contributed by atoms with van der Waals surface area (Å²) in [6.45, 7) is 7.70. The van der Waals surface area contributed by atoms with E-state index in [0.29, 0.717) is 0 Å². The molecule has 1 aliphatic heterocycles. The van der Waals surface area contributed by atoms with Gasteiger partial charge in [-0.25, -0.2) is 0 Å². The number of unbranched alkanes of at least 4 members (excludes halogenated alkanes) is 2. The lowest BCUT2D eigenvalue weighted by molar-refractivity contribution is 0.290. The third-order valence-electron chi connectivity index (χ3n) is 3.68. The van der Waals surface area contributed by atoms with Crippen molar-refractivity contribution in [2.75, 3.05) is 53.4 Å². The van der Waals surface area contributed by atoms with Crippen LogP contribution in [0.4, 0.5) is 0 Å². The van der Waals surface area contributed by atoms with Gasteiger partial charge in [0.1, 0.15) is 0 Å². The van der Waals surface area contributed by atoms with Crippen molar-refractivity contribution in [2.45, 2.75) is 38.5 Å². The molecule has 1 aliphatic rings. The fourth-order valence-corrected chi connectivity index (χ4v) is 2.52. The monoisotopic (exact) mass is 321 g/mol. The van der Waals surface area contributed by atoms with Gasteiger partial charge in [-0.15, -0.1) is 17.0 Å². The highest BCUT2D eigenvalue weighted by Crippen LogP contribution is 2.08. The number of halogens is 1. The van der Waals surface area contributed by atoms with Gasteiger partial charge in [0.05, 0.1) is 0 Å². The van der Waals surface area contributed by atoms with E-state index in [1.165, 1.54) is 71.2 Å². The van der Waals surface area contributed by atoms with Gasteiger partial charge in [0.25, 0.3) is 0 Å². The lowest BCUT2D eigenvalue weighted by atomic mass is 10.2. The van der Waals surface area contributed by atoms with Crippen LogP contribution < -0.4 is 5.32 Å². The first kappa shape index (κ1) is 18.4. The molecule has 0 atom stereocenters. The Morgan fingerprint density at radius 3 is 2.22 bits per heavy atom. The van der Waals surface area contributed by atoms with Gasteiger partial charge in [-0.3, -0.25) is 0 Å². The Kier molecular flexibility index (Phi) is 12.6. The summed E-state index contributed by atoms with van der Waals surface area (Å²) in [6.07, 6.45) is 8.20. The second-order valence-corrected chi connectivity index (χ2v) is 5.37. The molecule has 0 aromatic rings. The maximum atomic E-state index is 3.20. The highest BCUT2D eigenvalue weighted by molar-refractivity contribution is 8.93. The Hall–Kier alpha value is 0.360. The Morgan fingerprint density at radius 1 is 1.00 bits per heavy atom. The van der Waals surface area contributed by atoms with Gasteiger partial charge in [-0.05, 0) is 91.9 Å². The molecule has 110 valence electrons. The van der Waals surface area contributed by atoms with Crippen molar-refractivity contribution >= 4 is 17.0 Å². The molecule has 1 N–H and O–H groups in total. The van der Waals surface area contributed by atoms with E-state index >= 15 is 0 Å². The molecule has 0 aromatic heterocycles. The van der Waals surface area contributed by atoms with Crippen LogP contribution in [-0.2, 0) is 0 Å². The van der Waals surface area contributed by atoms with Crippen molar-refractivity contribution in [1.82, 2.24) is 15.1 Å². The van der Waals surface area contributed by atoms with Gasteiger partial charge in [-0.1, -0.05) is 0 Å². The maximum Gasteiger partial charge on any atom is -0.00183 e. The summed E-state index contributed by atoms with van der Waals surface area (Å²) in [7, 11) is 4.29. The average Bonchev–Trinajstić information content (AvgIpc) is 2.83. The van der Waals surface area contributed by atoms with Crippen LogP contribution in [0.1, 0.15) is 38.5 Å². The molecule has 0 bridgehead atoms. The predicted octanol–water partition coefficient (Wildman–Crippen LogP) is 2.37. The number of hydrogen-bond acceptors (Lipinski definition) is 3. The van der Waals surface area contributed by atoms with Crippen LogP contribution >= 0.6 is 17.0 Å². The van der Waals surface area contributed by atoms with Crippen LogP contribution in [0.5, 0.6) is 0 Å². The molecule has 0 aromatic carbocycles. The molecule has 4 heteroatoms. The molecule has 3 nitrogen and oxygen atoms in total. The zero-order valence-electron chi connectivity index (χ0n) is 12.3. The van der Waals surface area contributed by atoms with Gasteiger partial charge >= 0.3 is 0 Å². The zero-order chi connectivity index (χ0) is 12.3. The average molecular weight is 322 g/mol. The largest absolute Gasteiger partial charge is 0.320 e. The fraction of sp³-hybridized carbons (Fsp3) is 1.00. The lowest BCUT2D eigenvalue weighted by Gasteiger charge is -2.18. The molecule has 1 fully saturated rings. The van der Waals surface area contributed by atoms with Crippen LogP contribution in [0.15, 0.2) is 0 Å². The molecular formula is C14H32BrN3. The topological polar surface area (TPSA) is 18.5 Å². The molecule has 0 spiro atoms. The Bertz CT molecular complexity index is 172. The second kappa shape index (κ2) is 12.4. The van der Waals surface area contributed by atoms with E-state index in [1.54, 1.807) is 0 Å². The predicted molar refractivity (Wildman–Crippen MR) is 85.9 cm³/mol. The highest BCUT2D eigenvalue weighted by atomic mass is 79.9. The zero-order valence-corrected chi connectivity index (χ0v) is 14.0. The molecule has 0 unspecified atom stereocenters. The first-order valence-corrected chi connectivity index (χ1v) is 7.38. The molecular weight excluding hydrogens is 290 g/mol. The van der Waals surface area contributed by atoms with Gasteiger partial charge in [0.15, 0.2) is 0 Å². The number of hydrogen-bond donors (Lipinski definition) is 1. The minimum atomic E-state index is 0. The van der Waals surface area contributed by atoms with Crippen LogP contribution in [0, 0.1) is 0 Å². The summed E-state index contributed by atoms with van der Waals surface area (Å²) in [4.78, 5) is 5.10. The summed E-state index contributed by atoms with van der Waals surface area (Å²) in [5.41, 5.74) is 0. The van der Waals surface area contributed by atoms with Crippen LogP contribution in [-0.4, -0.2) is 63.2 Å². The van der Waals surface area contributed by atoms with E-state index in [1.807, 2.05) is 7.05 Å². The van der Waals surface area contributed by atoms with E-state index in [0.717, 1.165) is 6.54 Å². The smallest absolute Gasteiger partial charge is 0.00183 e. The maximum absolute atomic E-state index is 3.20. The standard InChI is InChI=1S/C14H31N3.BrH/c1-15-9-3-4-10-16(2)11-5-6-12-17-13-7-8-14-17;/h15H,3-14H2,1-2H3;1H. The van der Waals surface area contributed by atoms with E-state index in [-0.39, 0.29) is 17.0 Å². The lowest BCUT2D eigenvalue weighted by Crippen LogP contribution is -2.24. The number of likely N-dealkylation sites (tertiary alicyclic amines) is 1. The normalized spacial score (nSPS) is 16.2. The van der Waals surface area contributed by atoms with Crippen LogP contribution in [0.3, 0.4) is 0 Å².